The molecule has 0 aliphatic rings. The van der Waals surface area contributed by atoms with Crippen LogP contribution in [0.1, 0.15) is 5.56 Å². The van der Waals surface area contributed by atoms with Gasteiger partial charge in [0.25, 0.3) is 0 Å². The molecule has 1 rings (SSSR count). The van der Waals surface area contributed by atoms with Crippen molar-refractivity contribution in [3.05, 3.63) is 23.8 Å². The molecule has 1 aromatic rings. The van der Waals surface area contributed by atoms with Gasteiger partial charge in [-0.3, -0.25) is 0 Å². The zero-order chi connectivity index (χ0) is 14.1. The van der Waals surface area contributed by atoms with Crippen LogP contribution in [0.3, 0.4) is 0 Å². The molecule has 0 saturated heterocycles. The Balaban J connectivity index is 3.41. The van der Waals surface area contributed by atoms with Crippen LogP contribution in [0.4, 0.5) is 46.8 Å². The molecule has 0 saturated carbocycles. The van der Waals surface area contributed by atoms with Crippen molar-refractivity contribution in [1.29, 1.82) is 0 Å². The summed E-state index contributed by atoms with van der Waals surface area (Å²) in [6.45, 7) is 0. The minimum absolute atomic E-state index is 0.157. The normalized spacial score (nSPS) is 12.4. The van der Waals surface area contributed by atoms with E-state index in [4.69, 9.17) is 0 Å². The van der Waals surface area contributed by atoms with Crippen LogP contribution in [-0.4, -0.2) is 6.18 Å². The zero-order valence-corrected chi connectivity index (χ0v) is 8.20. The number of nitrogens with one attached hydrogen (secondary N) is 1. The van der Waals surface area contributed by atoms with Gasteiger partial charge >= 0.3 is 12.1 Å². The third-order valence-corrected chi connectivity index (χ3v) is 1.99. The van der Waals surface area contributed by atoms with E-state index in [1.807, 2.05) is 0 Å². The van der Waals surface area contributed by atoms with Gasteiger partial charge in [0.1, 0.15) is 5.69 Å². The minimum atomic E-state index is -6.03. The lowest BCUT2D eigenvalue weighted by Gasteiger charge is -2.22. The van der Waals surface area contributed by atoms with Gasteiger partial charge in [0.05, 0.1) is 11.3 Å². The first kappa shape index (κ1) is 14.3. The quantitative estimate of drug-likeness (QED) is 0.659. The number of nitrogens with zero attached hydrogens (tertiary/aromatic N) is 1. The fourth-order valence-corrected chi connectivity index (χ4v) is 1.13. The van der Waals surface area contributed by atoms with Crippen LogP contribution in [0.25, 0.3) is 0 Å². The molecule has 0 fully saturated rings. The second kappa shape index (κ2) is 4.50. The molecule has 0 bridgehead atoms. The summed E-state index contributed by atoms with van der Waals surface area (Å²) in [7, 11) is 0. The number of hydrogen-bond acceptors (Lipinski definition) is 2. The van der Waals surface area contributed by atoms with Gasteiger partial charge in [0.2, 0.25) is 0 Å². The average molecular weight is 280 g/mol. The second-order valence-electron chi connectivity index (χ2n) is 3.13. The van der Waals surface area contributed by atoms with Gasteiger partial charge in [-0.2, -0.15) is 22.0 Å². The van der Waals surface area contributed by atoms with E-state index in [1.165, 1.54) is 0 Å². The van der Waals surface area contributed by atoms with E-state index >= 15 is 0 Å². The fraction of sp³-hybridized carbons (Fsp3) is 0.250. The van der Waals surface area contributed by atoms with Crippen LogP contribution in [0, 0.1) is 0 Å². The van der Waals surface area contributed by atoms with E-state index in [2.05, 4.69) is 0 Å². The second-order valence-corrected chi connectivity index (χ2v) is 3.13. The van der Waals surface area contributed by atoms with Crippen molar-refractivity contribution < 1.29 is 35.4 Å². The first-order chi connectivity index (χ1) is 8.11. The Kier molecular flexibility index (Phi) is 3.58. The van der Waals surface area contributed by atoms with E-state index < -0.39 is 34.4 Å². The first-order valence-electron chi connectivity index (χ1n) is 4.18. The lowest BCUT2D eigenvalue weighted by atomic mass is 10.0. The van der Waals surface area contributed by atoms with Gasteiger partial charge in [0, 0.05) is 0 Å². The monoisotopic (exact) mass is 280 g/mol. The summed E-state index contributed by atoms with van der Waals surface area (Å²) in [6.07, 6.45) is -6.03. The van der Waals surface area contributed by atoms with E-state index in [0.717, 1.165) is 0 Å². The number of alkyl halides is 5. The smallest absolute Gasteiger partial charge is 0.224 e. The molecule has 18 heavy (non-hydrogen) atoms. The molecular formula is C8H4F8N2. The third kappa shape index (κ3) is 2.41. The minimum Gasteiger partial charge on any atom is -0.224 e. The lowest BCUT2D eigenvalue weighted by Crippen LogP contribution is -2.34. The van der Waals surface area contributed by atoms with Gasteiger partial charge in [-0.15, -0.1) is 4.48 Å². The Bertz CT molecular complexity index is 428. The molecule has 0 heterocycles. The van der Waals surface area contributed by atoms with Gasteiger partial charge < -0.3 is 0 Å². The largest absolute Gasteiger partial charge is 0.458 e. The Morgan fingerprint density at radius 3 is 1.94 bits per heavy atom. The van der Waals surface area contributed by atoms with Crippen molar-refractivity contribution >= 4 is 11.4 Å². The third-order valence-electron chi connectivity index (χ3n) is 1.99. The molecule has 102 valence electrons. The van der Waals surface area contributed by atoms with Crippen molar-refractivity contribution in [2.24, 2.45) is 0 Å². The number of hydrogen-bond donors (Lipinski definition) is 1. The highest BCUT2D eigenvalue weighted by Gasteiger charge is 2.59. The van der Waals surface area contributed by atoms with E-state index in [9.17, 15) is 35.4 Å². The average Bonchev–Trinajstić information content (AvgIpc) is 2.26. The summed E-state index contributed by atoms with van der Waals surface area (Å²) in [5.74, 6) is -5.46. The Labute approximate surface area is 94.6 Å². The molecule has 0 aromatic heterocycles. The highest BCUT2D eigenvalue weighted by atomic mass is 19.4. The van der Waals surface area contributed by atoms with Crippen molar-refractivity contribution in [3.8, 4) is 0 Å². The molecule has 1 aromatic carbocycles. The van der Waals surface area contributed by atoms with Crippen LogP contribution in [-0.2, 0) is 5.92 Å². The number of benzene rings is 1. The van der Waals surface area contributed by atoms with Crippen molar-refractivity contribution in [3.63, 3.8) is 0 Å². The zero-order valence-electron chi connectivity index (χ0n) is 8.20. The number of rotatable bonds is 3. The predicted molar refractivity (Wildman–Crippen MR) is 45.8 cm³/mol. The Morgan fingerprint density at radius 2 is 1.56 bits per heavy atom. The van der Waals surface area contributed by atoms with Crippen molar-refractivity contribution in [2.75, 3.05) is 10.9 Å². The maximum atomic E-state index is 13.0. The van der Waals surface area contributed by atoms with Gasteiger partial charge in [-0.1, -0.05) is 8.96 Å². The first-order valence-corrected chi connectivity index (χ1v) is 4.18. The molecule has 0 aliphatic heterocycles. The van der Waals surface area contributed by atoms with Crippen LogP contribution in [0.15, 0.2) is 18.2 Å². The summed E-state index contributed by atoms with van der Waals surface area (Å²) >= 11 is 0. The summed E-state index contributed by atoms with van der Waals surface area (Å²) in [5, 5.41) is -1.67. The Morgan fingerprint density at radius 1 is 1.00 bits per heavy atom. The SMILES string of the molecule is FNc1ccc(N(F)F)cc1C(F)(F)C(F)(F)F. The summed E-state index contributed by atoms with van der Waals surface area (Å²) in [4.78, 5) is 0. The van der Waals surface area contributed by atoms with Crippen LogP contribution < -0.4 is 10.9 Å². The molecule has 0 spiro atoms. The van der Waals surface area contributed by atoms with E-state index in [0.29, 0.717) is 17.7 Å². The van der Waals surface area contributed by atoms with Gasteiger partial charge in [0.15, 0.2) is 0 Å². The summed E-state index contributed by atoms with van der Waals surface area (Å²) in [6, 6.07) is 0.656. The van der Waals surface area contributed by atoms with Gasteiger partial charge in [-0.05, 0) is 23.5 Å². The highest BCUT2D eigenvalue weighted by Crippen LogP contribution is 2.47. The fourth-order valence-electron chi connectivity index (χ4n) is 1.13. The van der Waals surface area contributed by atoms with Crippen LogP contribution in [0.5, 0.6) is 0 Å². The molecule has 0 amide bonds. The van der Waals surface area contributed by atoms with Crippen molar-refractivity contribution in [1.82, 2.24) is 0 Å². The maximum Gasteiger partial charge on any atom is 0.458 e. The topological polar surface area (TPSA) is 15.3 Å². The molecule has 10 heteroatoms. The highest BCUT2D eigenvalue weighted by molar-refractivity contribution is 5.60. The summed E-state index contributed by atoms with van der Waals surface area (Å²) < 4.78 is 98.3. The molecule has 0 aliphatic carbocycles. The van der Waals surface area contributed by atoms with E-state index in [-0.39, 0.29) is 6.07 Å². The number of halogens is 8. The molecular weight excluding hydrogens is 276 g/mol. The molecule has 0 atom stereocenters. The number of anilines is 2. The Hall–Kier alpha value is -1.74. The molecule has 0 unspecified atom stereocenters. The lowest BCUT2D eigenvalue weighted by molar-refractivity contribution is -0.289. The van der Waals surface area contributed by atoms with Gasteiger partial charge in [-0.25, -0.2) is 5.54 Å². The summed E-state index contributed by atoms with van der Waals surface area (Å²) in [5.41, 5.74) is -3.81. The molecule has 0 radical (unpaired) electrons. The molecule has 1 N–H and O–H groups in total. The standard InChI is InChI=1S/C8H4F8N2/c9-7(10,8(11,12)13)5-3-4(18(15)16)1-2-6(5)17-14/h1-3,17H. The predicted octanol–water partition coefficient (Wildman–Crippen LogP) is 4.21. The maximum absolute atomic E-state index is 13.0. The van der Waals surface area contributed by atoms with Crippen LogP contribution >= 0.6 is 0 Å². The van der Waals surface area contributed by atoms with Crippen molar-refractivity contribution in [2.45, 2.75) is 12.1 Å². The van der Waals surface area contributed by atoms with E-state index in [1.54, 1.807) is 0 Å². The van der Waals surface area contributed by atoms with Crippen LogP contribution in [0.2, 0.25) is 0 Å². The molecule has 2 nitrogen and oxygen atoms in total.